The summed E-state index contributed by atoms with van der Waals surface area (Å²) >= 11 is 0. The summed E-state index contributed by atoms with van der Waals surface area (Å²) < 4.78 is 0. The first-order valence-electron chi connectivity index (χ1n) is 7.73. The molecule has 4 nitrogen and oxygen atoms in total. The molecule has 2 aliphatic rings. The van der Waals surface area contributed by atoms with Crippen LogP contribution in [0.15, 0.2) is 18.3 Å². The Hall–Kier alpha value is -1.13. The lowest BCUT2D eigenvalue weighted by atomic mass is 10.1. The highest BCUT2D eigenvalue weighted by Crippen LogP contribution is 2.25. The molecule has 1 aromatic heterocycles. The fraction of sp³-hybridized carbons (Fsp3) is 0.688. The maximum atomic E-state index is 4.57. The van der Waals surface area contributed by atoms with Gasteiger partial charge in [0.15, 0.2) is 0 Å². The fourth-order valence-electron chi connectivity index (χ4n) is 3.10. The van der Waals surface area contributed by atoms with Crippen molar-refractivity contribution in [1.82, 2.24) is 15.2 Å². The second-order valence-corrected chi connectivity index (χ2v) is 6.59. The molecular weight excluding hydrogens is 248 g/mol. The number of nitrogens with zero attached hydrogens (tertiary/aromatic N) is 3. The van der Waals surface area contributed by atoms with Gasteiger partial charge in [0.2, 0.25) is 0 Å². The van der Waals surface area contributed by atoms with Gasteiger partial charge in [-0.1, -0.05) is 6.92 Å². The second kappa shape index (κ2) is 5.70. The van der Waals surface area contributed by atoms with Crippen LogP contribution in [0.5, 0.6) is 0 Å². The van der Waals surface area contributed by atoms with Crippen LogP contribution in [0.4, 0.5) is 5.82 Å². The summed E-state index contributed by atoms with van der Waals surface area (Å²) in [4.78, 5) is 9.34. The van der Waals surface area contributed by atoms with Gasteiger partial charge in [-0.3, -0.25) is 0 Å². The van der Waals surface area contributed by atoms with Crippen LogP contribution >= 0.6 is 0 Å². The highest BCUT2D eigenvalue weighted by Gasteiger charge is 2.31. The summed E-state index contributed by atoms with van der Waals surface area (Å²) in [5, 5.41) is 3.57. The predicted octanol–water partition coefficient (Wildman–Crippen LogP) is 1.72. The Morgan fingerprint density at radius 1 is 1.35 bits per heavy atom. The van der Waals surface area contributed by atoms with Gasteiger partial charge in [-0.15, -0.1) is 0 Å². The molecule has 1 saturated carbocycles. The molecule has 0 spiro atoms. The summed E-state index contributed by atoms with van der Waals surface area (Å²) in [7, 11) is 4.35. The highest BCUT2D eigenvalue weighted by molar-refractivity contribution is 5.43. The molecule has 0 aromatic carbocycles. The molecular formula is C16H26N4. The van der Waals surface area contributed by atoms with E-state index >= 15 is 0 Å². The van der Waals surface area contributed by atoms with Gasteiger partial charge in [0.05, 0.1) is 0 Å². The van der Waals surface area contributed by atoms with Crippen molar-refractivity contribution in [3.05, 3.63) is 23.9 Å². The standard InChI is InChI=1S/C16H26N4/c1-12-10-20(11-15(12)19(2)3)16-8-13(6-7-17-16)9-18-14-4-5-14/h6-8,12,14-15,18H,4-5,9-11H2,1-3H3. The predicted molar refractivity (Wildman–Crippen MR) is 83.0 cm³/mol. The largest absolute Gasteiger partial charge is 0.355 e. The third kappa shape index (κ3) is 3.13. The SMILES string of the molecule is CC1CN(c2cc(CNC3CC3)ccn2)CC1N(C)C. The van der Waals surface area contributed by atoms with E-state index in [1.165, 1.54) is 18.4 Å². The molecule has 2 unspecified atom stereocenters. The summed E-state index contributed by atoms with van der Waals surface area (Å²) in [6.45, 7) is 5.50. The Balaban J connectivity index is 1.65. The van der Waals surface area contributed by atoms with Gasteiger partial charge in [0, 0.05) is 37.9 Å². The minimum atomic E-state index is 0.630. The molecule has 2 fully saturated rings. The maximum absolute atomic E-state index is 4.57. The molecule has 0 bridgehead atoms. The zero-order valence-electron chi connectivity index (χ0n) is 12.8. The lowest BCUT2D eigenvalue weighted by Crippen LogP contribution is -2.34. The number of aromatic nitrogens is 1. The molecule has 1 aliphatic heterocycles. The number of hydrogen-bond donors (Lipinski definition) is 1. The fourth-order valence-corrected chi connectivity index (χ4v) is 3.10. The molecule has 1 aromatic rings. The maximum Gasteiger partial charge on any atom is 0.128 e. The van der Waals surface area contributed by atoms with Gasteiger partial charge in [-0.05, 0) is 50.6 Å². The summed E-state index contributed by atoms with van der Waals surface area (Å²) in [5.74, 6) is 1.83. The van der Waals surface area contributed by atoms with Crippen LogP contribution in [0.2, 0.25) is 0 Å². The molecule has 1 saturated heterocycles. The molecule has 1 N–H and O–H groups in total. The van der Waals surface area contributed by atoms with Crippen LogP contribution in [0.1, 0.15) is 25.3 Å². The number of hydrogen-bond acceptors (Lipinski definition) is 4. The van der Waals surface area contributed by atoms with Gasteiger partial charge < -0.3 is 15.1 Å². The minimum Gasteiger partial charge on any atom is -0.355 e. The van der Waals surface area contributed by atoms with Crippen LogP contribution < -0.4 is 10.2 Å². The number of anilines is 1. The first kappa shape index (κ1) is 13.8. The lowest BCUT2D eigenvalue weighted by Gasteiger charge is -2.22. The second-order valence-electron chi connectivity index (χ2n) is 6.59. The average molecular weight is 274 g/mol. The lowest BCUT2D eigenvalue weighted by molar-refractivity contribution is 0.266. The summed E-state index contributed by atoms with van der Waals surface area (Å²) in [5.41, 5.74) is 1.35. The normalized spacial score (nSPS) is 26.5. The Morgan fingerprint density at radius 2 is 2.15 bits per heavy atom. The first-order chi connectivity index (χ1) is 9.63. The van der Waals surface area contributed by atoms with Crippen molar-refractivity contribution in [2.24, 2.45) is 5.92 Å². The van der Waals surface area contributed by atoms with Crippen molar-refractivity contribution in [3.63, 3.8) is 0 Å². The molecule has 0 radical (unpaired) electrons. The molecule has 20 heavy (non-hydrogen) atoms. The van der Waals surface area contributed by atoms with Crippen molar-refractivity contribution < 1.29 is 0 Å². The molecule has 4 heteroatoms. The monoisotopic (exact) mass is 274 g/mol. The van der Waals surface area contributed by atoms with E-state index in [0.717, 1.165) is 31.5 Å². The molecule has 3 rings (SSSR count). The Morgan fingerprint density at radius 3 is 2.80 bits per heavy atom. The molecule has 110 valence electrons. The molecule has 2 heterocycles. The van der Waals surface area contributed by atoms with Crippen molar-refractivity contribution in [1.29, 1.82) is 0 Å². The summed E-state index contributed by atoms with van der Waals surface area (Å²) in [6.07, 6.45) is 4.63. The van der Waals surface area contributed by atoms with Crippen molar-refractivity contribution in [3.8, 4) is 0 Å². The Kier molecular flexibility index (Phi) is 3.94. The van der Waals surface area contributed by atoms with Crippen LogP contribution in [0.25, 0.3) is 0 Å². The number of rotatable bonds is 5. The van der Waals surface area contributed by atoms with E-state index in [1.807, 2.05) is 6.20 Å². The highest BCUT2D eigenvalue weighted by atomic mass is 15.3. The van der Waals surface area contributed by atoms with Crippen molar-refractivity contribution >= 4 is 5.82 Å². The Labute approximate surface area is 122 Å². The van der Waals surface area contributed by atoms with E-state index in [1.54, 1.807) is 0 Å². The molecule has 1 aliphatic carbocycles. The summed E-state index contributed by atoms with van der Waals surface area (Å²) in [6, 6.07) is 5.77. The Bertz CT molecular complexity index is 456. The number of nitrogens with one attached hydrogen (secondary N) is 1. The van der Waals surface area contributed by atoms with Crippen LogP contribution in [-0.2, 0) is 6.54 Å². The third-order valence-corrected chi connectivity index (χ3v) is 4.54. The van der Waals surface area contributed by atoms with Crippen LogP contribution in [-0.4, -0.2) is 49.2 Å². The van der Waals surface area contributed by atoms with E-state index in [0.29, 0.717) is 12.0 Å². The van der Waals surface area contributed by atoms with E-state index in [2.05, 4.69) is 53.3 Å². The van der Waals surface area contributed by atoms with E-state index in [4.69, 9.17) is 0 Å². The van der Waals surface area contributed by atoms with Gasteiger partial charge in [-0.25, -0.2) is 4.98 Å². The van der Waals surface area contributed by atoms with E-state index < -0.39 is 0 Å². The molecule has 2 atom stereocenters. The van der Waals surface area contributed by atoms with Gasteiger partial charge >= 0.3 is 0 Å². The zero-order chi connectivity index (χ0) is 14.1. The smallest absolute Gasteiger partial charge is 0.128 e. The van der Waals surface area contributed by atoms with Crippen molar-refractivity contribution in [2.75, 3.05) is 32.1 Å². The van der Waals surface area contributed by atoms with Crippen molar-refractivity contribution in [2.45, 2.75) is 38.4 Å². The van der Waals surface area contributed by atoms with E-state index in [9.17, 15) is 0 Å². The minimum absolute atomic E-state index is 0.630. The topological polar surface area (TPSA) is 31.4 Å². The van der Waals surface area contributed by atoms with Gasteiger partial charge in [0.25, 0.3) is 0 Å². The number of likely N-dealkylation sites (N-methyl/N-ethyl adjacent to an activating group) is 1. The zero-order valence-corrected chi connectivity index (χ0v) is 12.8. The van der Waals surface area contributed by atoms with Crippen LogP contribution in [0, 0.1) is 5.92 Å². The molecule has 0 amide bonds. The third-order valence-electron chi connectivity index (χ3n) is 4.54. The quantitative estimate of drug-likeness (QED) is 0.886. The van der Waals surface area contributed by atoms with Crippen LogP contribution in [0.3, 0.4) is 0 Å². The first-order valence-corrected chi connectivity index (χ1v) is 7.73. The average Bonchev–Trinajstić information content (AvgIpc) is 3.18. The van der Waals surface area contributed by atoms with Gasteiger partial charge in [0.1, 0.15) is 5.82 Å². The van der Waals surface area contributed by atoms with Gasteiger partial charge in [-0.2, -0.15) is 0 Å². The van der Waals surface area contributed by atoms with E-state index in [-0.39, 0.29) is 0 Å². The number of pyridine rings is 1.